The molecule has 0 aliphatic carbocycles. The number of aryl methyl sites for hydroxylation is 1. The number of aliphatic hydroxyl groups is 1. The zero-order valence-corrected chi connectivity index (χ0v) is 12.5. The summed E-state index contributed by atoms with van der Waals surface area (Å²) in [5.74, 6) is 0.915. The molecule has 104 valence electrons. The lowest BCUT2D eigenvalue weighted by Crippen LogP contribution is -2.22. The highest BCUT2D eigenvalue weighted by Gasteiger charge is 2.11. The molecule has 0 aromatic heterocycles. The monoisotopic (exact) mass is 252 g/mol. The van der Waals surface area contributed by atoms with Crippen LogP contribution in [-0.4, -0.2) is 17.3 Å². The largest absolute Gasteiger partial charge is 0.488 e. The van der Waals surface area contributed by atoms with E-state index in [-0.39, 0.29) is 12.2 Å². The molecule has 0 unspecified atom stereocenters. The second-order valence-corrected chi connectivity index (χ2v) is 5.04. The minimum Gasteiger partial charge on any atom is -0.488 e. The molecule has 1 aromatic rings. The maximum Gasteiger partial charge on any atom is 0.120 e. The van der Waals surface area contributed by atoms with E-state index in [0.29, 0.717) is 0 Å². The van der Waals surface area contributed by atoms with Gasteiger partial charge in [0, 0.05) is 6.61 Å². The fourth-order valence-corrected chi connectivity index (χ4v) is 1.52. The molecule has 0 aliphatic rings. The molecule has 18 heavy (non-hydrogen) atoms. The van der Waals surface area contributed by atoms with Crippen molar-refractivity contribution in [3.63, 3.8) is 0 Å². The Labute approximate surface area is 112 Å². The molecule has 1 rings (SSSR count). The Morgan fingerprint density at radius 3 is 2.00 bits per heavy atom. The Morgan fingerprint density at radius 2 is 1.56 bits per heavy atom. The molecule has 0 radical (unpaired) electrons. The normalized spacial score (nSPS) is 10.6. The fourth-order valence-electron chi connectivity index (χ4n) is 1.52. The van der Waals surface area contributed by atoms with Gasteiger partial charge in [-0.2, -0.15) is 0 Å². The van der Waals surface area contributed by atoms with Crippen LogP contribution < -0.4 is 4.74 Å². The highest BCUT2D eigenvalue weighted by molar-refractivity contribution is 5.27. The molecular formula is C16H28O2. The van der Waals surface area contributed by atoms with E-state index < -0.39 is 0 Å². The van der Waals surface area contributed by atoms with Gasteiger partial charge in [0.15, 0.2) is 0 Å². The number of hydrogen-bond donors (Lipinski definition) is 1. The van der Waals surface area contributed by atoms with Gasteiger partial charge in [-0.3, -0.25) is 0 Å². The van der Waals surface area contributed by atoms with Crippen molar-refractivity contribution in [1.82, 2.24) is 0 Å². The van der Waals surface area contributed by atoms with E-state index in [0.717, 1.165) is 25.0 Å². The van der Waals surface area contributed by atoms with Gasteiger partial charge in [-0.1, -0.05) is 26.0 Å². The molecule has 0 bridgehead atoms. The van der Waals surface area contributed by atoms with Crippen molar-refractivity contribution in [3.8, 4) is 5.75 Å². The Hall–Kier alpha value is -1.02. The van der Waals surface area contributed by atoms with Crippen LogP contribution in [0.15, 0.2) is 24.3 Å². The van der Waals surface area contributed by atoms with Crippen LogP contribution in [0.5, 0.6) is 5.75 Å². The number of rotatable bonds is 5. The minimum absolute atomic E-state index is 0.140. The van der Waals surface area contributed by atoms with Gasteiger partial charge in [0.2, 0.25) is 0 Å². The lowest BCUT2D eigenvalue weighted by molar-refractivity contribution is 0.131. The maximum atomic E-state index is 8.70. The van der Waals surface area contributed by atoms with Crippen molar-refractivity contribution < 1.29 is 9.84 Å². The summed E-state index contributed by atoms with van der Waals surface area (Å²) in [7, 11) is 0. The molecule has 2 nitrogen and oxygen atoms in total. The third-order valence-electron chi connectivity index (χ3n) is 2.22. The van der Waals surface area contributed by atoms with Gasteiger partial charge in [-0.05, 0) is 57.7 Å². The van der Waals surface area contributed by atoms with Crippen LogP contribution in [0.4, 0.5) is 0 Å². The van der Waals surface area contributed by atoms with E-state index in [1.54, 1.807) is 0 Å². The summed E-state index contributed by atoms with van der Waals surface area (Å²) < 4.78 is 5.74. The molecule has 0 heterocycles. The highest BCUT2D eigenvalue weighted by atomic mass is 16.5. The zero-order chi connectivity index (χ0) is 14.0. The van der Waals surface area contributed by atoms with Crippen molar-refractivity contribution in [2.45, 2.75) is 59.5 Å². The molecule has 1 aromatic carbocycles. The summed E-state index contributed by atoms with van der Waals surface area (Å²) in [6, 6.07) is 8.22. The second-order valence-electron chi connectivity index (χ2n) is 5.04. The van der Waals surface area contributed by atoms with E-state index >= 15 is 0 Å². The van der Waals surface area contributed by atoms with Crippen LogP contribution in [0.1, 0.15) is 53.0 Å². The van der Waals surface area contributed by atoms with Crippen LogP contribution in [0.25, 0.3) is 0 Å². The van der Waals surface area contributed by atoms with Crippen molar-refractivity contribution in [3.05, 3.63) is 29.8 Å². The van der Waals surface area contributed by atoms with Gasteiger partial charge in [-0.15, -0.1) is 0 Å². The quantitative estimate of drug-likeness (QED) is 0.796. The molecule has 0 saturated heterocycles. The lowest BCUT2D eigenvalue weighted by atomic mass is 10.1. The summed E-state index contributed by atoms with van der Waals surface area (Å²) in [6.07, 6.45) is 2.94. The summed E-state index contributed by atoms with van der Waals surface area (Å²) >= 11 is 0. The van der Waals surface area contributed by atoms with Crippen LogP contribution in [0.2, 0.25) is 0 Å². The molecule has 0 atom stereocenters. The minimum atomic E-state index is -0.140. The first-order chi connectivity index (χ1) is 8.51. The molecule has 0 amide bonds. The Bertz CT molecular complexity index is 296. The first-order valence-corrected chi connectivity index (χ1v) is 6.90. The SMILES string of the molecule is CC.CC(C)(C)Oc1ccc(CCCCO)cc1. The summed E-state index contributed by atoms with van der Waals surface area (Å²) in [6.45, 7) is 10.4. The molecule has 0 aliphatic heterocycles. The molecule has 1 N–H and O–H groups in total. The summed E-state index contributed by atoms with van der Waals surface area (Å²) in [5.41, 5.74) is 1.16. The average molecular weight is 252 g/mol. The first kappa shape index (κ1) is 17.0. The number of aliphatic hydroxyl groups excluding tert-OH is 1. The van der Waals surface area contributed by atoms with Gasteiger partial charge >= 0.3 is 0 Å². The Balaban J connectivity index is 0.00000137. The van der Waals surface area contributed by atoms with Crippen molar-refractivity contribution in [2.24, 2.45) is 0 Å². The lowest BCUT2D eigenvalue weighted by Gasteiger charge is -2.21. The smallest absolute Gasteiger partial charge is 0.120 e. The maximum absolute atomic E-state index is 8.70. The summed E-state index contributed by atoms with van der Waals surface area (Å²) in [5, 5.41) is 8.70. The van der Waals surface area contributed by atoms with Crippen molar-refractivity contribution in [2.75, 3.05) is 6.61 Å². The third kappa shape index (κ3) is 8.13. The zero-order valence-electron chi connectivity index (χ0n) is 12.5. The predicted molar refractivity (Wildman–Crippen MR) is 78.2 cm³/mol. The molecular weight excluding hydrogens is 224 g/mol. The number of ether oxygens (including phenoxy) is 1. The highest BCUT2D eigenvalue weighted by Crippen LogP contribution is 2.19. The topological polar surface area (TPSA) is 29.5 Å². The predicted octanol–water partition coefficient (Wildman–Crippen LogP) is 4.21. The van der Waals surface area contributed by atoms with Crippen molar-refractivity contribution in [1.29, 1.82) is 0 Å². The fraction of sp³-hybridized carbons (Fsp3) is 0.625. The van der Waals surface area contributed by atoms with E-state index in [4.69, 9.17) is 9.84 Å². The van der Waals surface area contributed by atoms with Gasteiger partial charge in [0.05, 0.1) is 0 Å². The Kier molecular flexibility index (Phi) is 8.47. The first-order valence-electron chi connectivity index (χ1n) is 6.90. The van der Waals surface area contributed by atoms with Crippen LogP contribution in [0.3, 0.4) is 0 Å². The Morgan fingerprint density at radius 1 is 1.00 bits per heavy atom. The molecule has 0 saturated carbocycles. The molecule has 0 spiro atoms. The van der Waals surface area contributed by atoms with Crippen LogP contribution in [0, 0.1) is 0 Å². The standard InChI is InChI=1S/C14H22O2.C2H6/c1-14(2,3)16-13-9-7-12(8-10-13)6-4-5-11-15;1-2/h7-10,15H,4-6,11H2,1-3H3;1-2H3. The average Bonchev–Trinajstić information content (AvgIpc) is 2.32. The third-order valence-corrected chi connectivity index (χ3v) is 2.22. The van der Waals surface area contributed by atoms with Crippen LogP contribution in [-0.2, 0) is 6.42 Å². The van der Waals surface area contributed by atoms with Crippen molar-refractivity contribution >= 4 is 0 Å². The van der Waals surface area contributed by atoms with E-state index in [2.05, 4.69) is 12.1 Å². The van der Waals surface area contributed by atoms with Gasteiger partial charge in [-0.25, -0.2) is 0 Å². The van der Waals surface area contributed by atoms with Crippen LogP contribution >= 0.6 is 0 Å². The van der Waals surface area contributed by atoms with E-state index in [9.17, 15) is 0 Å². The van der Waals surface area contributed by atoms with E-state index in [1.807, 2.05) is 46.8 Å². The van der Waals surface area contributed by atoms with Gasteiger partial charge in [0.1, 0.15) is 11.4 Å². The summed E-state index contributed by atoms with van der Waals surface area (Å²) in [4.78, 5) is 0. The van der Waals surface area contributed by atoms with Gasteiger partial charge in [0.25, 0.3) is 0 Å². The second kappa shape index (κ2) is 8.98. The van der Waals surface area contributed by atoms with E-state index in [1.165, 1.54) is 5.56 Å². The number of unbranched alkanes of at least 4 members (excludes halogenated alkanes) is 1. The number of hydrogen-bond acceptors (Lipinski definition) is 2. The molecule has 2 heteroatoms. The number of benzene rings is 1. The molecule has 0 fully saturated rings. The van der Waals surface area contributed by atoms with Gasteiger partial charge < -0.3 is 9.84 Å².